The van der Waals surface area contributed by atoms with E-state index < -0.39 is 6.04 Å². The van der Waals surface area contributed by atoms with Gasteiger partial charge in [-0.2, -0.15) is 10.1 Å². The molecule has 1 atom stereocenters. The van der Waals surface area contributed by atoms with Gasteiger partial charge >= 0.3 is 0 Å². The summed E-state index contributed by atoms with van der Waals surface area (Å²) in [5.41, 5.74) is 7.11. The number of aromatic nitrogens is 4. The number of H-pyrrole nitrogens is 1. The molecule has 7 nitrogen and oxygen atoms in total. The molecule has 0 amide bonds. The number of nitrogens with zero attached hydrogens (tertiary/aromatic N) is 3. The maximum Gasteiger partial charge on any atom is 0.261 e. The maximum atomic E-state index is 8.82. The van der Waals surface area contributed by atoms with E-state index in [-0.39, 0.29) is 12.4 Å². The summed E-state index contributed by atoms with van der Waals surface area (Å²) in [4.78, 5) is 4.06. The first-order valence-electron chi connectivity index (χ1n) is 4.42. The van der Waals surface area contributed by atoms with Crippen molar-refractivity contribution in [2.45, 2.75) is 13.0 Å². The zero-order chi connectivity index (χ0) is 10.8. The minimum absolute atomic E-state index is 0.219. The molecule has 0 saturated heterocycles. The normalized spacial score (nSPS) is 13.0. The van der Waals surface area contributed by atoms with Crippen molar-refractivity contribution in [3.63, 3.8) is 0 Å². The summed E-state index contributed by atoms with van der Waals surface area (Å²) in [6.07, 6.45) is 1.59. The molecule has 2 aromatic heterocycles. The van der Waals surface area contributed by atoms with Crippen LogP contribution in [0.3, 0.4) is 0 Å². The molecule has 4 N–H and O–H groups in total. The number of nitrogens with two attached hydrogens (primary N) is 1. The fourth-order valence-corrected chi connectivity index (χ4v) is 1.14. The van der Waals surface area contributed by atoms with Crippen LogP contribution in [0.4, 0.5) is 0 Å². The maximum absolute atomic E-state index is 8.82. The van der Waals surface area contributed by atoms with Gasteiger partial charge in [0.2, 0.25) is 0 Å². The Labute approximate surface area is 85.3 Å². The highest BCUT2D eigenvalue weighted by atomic mass is 16.5. The van der Waals surface area contributed by atoms with Crippen LogP contribution >= 0.6 is 0 Å². The highest BCUT2D eigenvalue weighted by Gasteiger charge is 2.16. The van der Waals surface area contributed by atoms with Crippen LogP contribution in [0.15, 0.2) is 10.7 Å². The Hall–Kier alpha value is -1.73. The number of hydrogen-bond acceptors (Lipinski definition) is 6. The summed E-state index contributed by atoms with van der Waals surface area (Å²) in [5, 5.41) is 19.1. The number of aliphatic hydroxyl groups excluding tert-OH is 1. The third-order valence-electron chi connectivity index (χ3n) is 2.03. The minimum Gasteiger partial charge on any atom is -0.394 e. The Balaban J connectivity index is 2.32. The van der Waals surface area contributed by atoms with Gasteiger partial charge in [0.05, 0.1) is 24.4 Å². The molecule has 0 saturated carbocycles. The molecule has 0 aliphatic rings. The van der Waals surface area contributed by atoms with Crippen LogP contribution in [0.1, 0.15) is 17.6 Å². The van der Waals surface area contributed by atoms with E-state index in [1.165, 1.54) is 0 Å². The highest BCUT2D eigenvalue weighted by Crippen LogP contribution is 2.20. The van der Waals surface area contributed by atoms with E-state index in [0.717, 1.165) is 11.3 Å². The second kappa shape index (κ2) is 3.79. The lowest BCUT2D eigenvalue weighted by Crippen LogP contribution is -2.15. The smallest absolute Gasteiger partial charge is 0.261 e. The van der Waals surface area contributed by atoms with Gasteiger partial charge in [0.1, 0.15) is 0 Å². The van der Waals surface area contributed by atoms with Crippen LogP contribution in [0.5, 0.6) is 0 Å². The lowest BCUT2D eigenvalue weighted by Gasteiger charge is -1.98. The zero-order valence-corrected chi connectivity index (χ0v) is 8.14. The number of aliphatic hydroxyl groups is 1. The van der Waals surface area contributed by atoms with Gasteiger partial charge in [0.25, 0.3) is 5.89 Å². The summed E-state index contributed by atoms with van der Waals surface area (Å²) in [7, 11) is 0. The second-order valence-corrected chi connectivity index (χ2v) is 3.16. The molecule has 0 aliphatic carbocycles. The van der Waals surface area contributed by atoms with Crippen LogP contribution in [0, 0.1) is 6.92 Å². The van der Waals surface area contributed by atoms with Crippen molar-refractivity contribution in [1.29, 1.82) is 0 Å². The summed E-state index contributed by atoms with van der Waals surface area (Å²) in [6.45, 7) is 1.63. The number of hydrogen-bond donors (Lipinski definition) is 3. The number of rotatable bonds is 3. The molecular formula is C8H11N5O2. The van der Waals surface area contributed by atoms with Crippen molar-refractivity contribution in [3.05, 3.63) is 17.7 Å². The lowest BCUT2D eigenvalue weighted by atomic mass is 10.2. The van der Waals surface area contributed by atoms with Crippen LogP contribution in [-0.4, -0.2) is 32.1 Å². The van der Waals surface area contributed by atoms with E-state index in [1.54, 1.807) is 6.20 Å². The van der Waals surface area contributed by atoms with Crippen molar-refractivity contribution < 1.29 is 9.63 Å². The predicted molar refractivity (Wildman–Crippen MR) is 50.6 cm³/mol. The fraction of sp³-hybridized carbons (Fsp3) is 0.375. The lowest BCUT2D eigenvalue weighted by molar-refractivity contribution is 0.260. The molecule has 2 rings (SSSR count). The Morgan fingerprint density at radius 2 is 2.47 bits per heavy atom. The standard InChI is InChI=1S/C8H11N5O2/c1-4-5(2-10-12-4)8-11-7(13-15-8)6(9)3-14/h2,6,14H,3,9H2,1H3,(H,10,12). The van der Waals surface area contributed by atoms with Gasteiger partial charge in [-0.15, -0.1) is 0 Å². The van der Waals surface area contributed by atoms with Gasteiger partial charge in [-0.25, -0.2) is 0 Å². The van der Waals surface area contributed by atoms with Crippen molar-refractivity contribution in [2.24, 2.45) is 5.73 Å². The molecular weight excluding hydrogens is 198 g/mol. The van der Waals surface area contributed by atoms with Gasteiger partial charge < -0.3 is 15.4 Å². The quantitative estimate of drug-likeness (QED) is 0.642. The van der Waals surface area contributed by atoms with Crippen molar-refractivity contribution in [3.8, 4) is 11.5 Å². The van der Waals surface area contributed by atoms with Crippen LogP contribution in [0.25, 0.3) is 11.5 Å². The van der Waals surface area contributed by atoms with Gasteiger partial charge in [-0.3, -0.25) is 5.10 Å². The van der Waals surface area contributed by atoms with Crippen LogP contribution in [-0.2, 0) is 0 Å². The molecule has 7 heteroatoms. The van der Waals surface area contributed by atoms with Crippen LogP contribution in [0.2, 0.25) is 0 Å². The molecule has 0 bridgehead atoms. The van der Waals surface area contributed by atoms with Gasteiger partial charge in [0.15, 0.2) is 5.82 Å². The Morgan fingerprint density at radius 3 is 3.07 bits per heavy atom. The van der Waals surface area contributed by atoms with Gasteiger partial charge in [-0.05, 0) is 6.92 Å². The molecule has 0 aliphatic heterocycles. The van der Waals surface area contributed by atoms with E-state index in [2.05, 4.69) is 20.3 Å². The average Bonchev–Trinajstić information content (AvgIpc) is 2.84. The number of aryl methyl sites for hydroxylation is 1. The van der Waals surface area contributed by atoms with Crippen molar-refractivity contribution in [2.75, 3.05) is 6.61 Å². The van der Waals surface area contributed by atoms with E-state index in [9.17, 15) is 0 Å². The summed E-state index contributed by atoms with van der Waals surface area (Å²) in [6, 6.07) is -0.616. The van der Waals surface area contributed by atoms with E-state index >= 15 is 0 Å². The summed E-state index contributed by atoms with van der Waals surface area (Å²) in [5.74, 6) is 0.633. The van der Waals surface area contributed by atoms with Gasteiger partial charge in [-0.1, -0.05) is 5.16 Å². The third kappa shape index (κ3) is 1.74. The summed E-state index contributed by atoms with van der Waals surface area (Å²) < 4.78 is 5.00. The number of nitrogens with one attached hydrogen (secondary N) is 1. The average molecular weight is 209 g/mol. The first-order chi connectivity index (χ1) is 7.22. The van der Waals surface area contributed by atoms with E-state index in [1.807, 2.05) is 6.92 Å². The summed E-state index contributed by atoms with van der Waals surface area (Å²) >= 11 is 0. The molecule has 80 valence electrons. The molecule has 2 aromatic rings. The third-order valence-corrected chi connectivity index (χ3v) is 2.03. The van der Waals surface area contributed by atoms with Crippen molar-refractivity contribution >= 4 is 0 Å². The molecule has 2 heterocycles. The molecule has 0 fully saturated rings. The zero-order valence-electron chi connectivity index (χ0n) is 8.14. The molecule has 15 heavy (non-hydrogen) atoms. The molecule has 0 aromatic carbocycles. The van der Waals surface area contributed by atoms with E-state index in [0.29, 0.717) is 5.89 Å². The Bertz CT molecular complexity index is 449. The first-order valence-corrected chi connectivity index (χ1v) is 4.42. The molecule has 0 spiro atoms. The van der Waals surface area contributed by atoms with E-state index in [4.69, 9.17) is 15.4 Å². The fourth-order valence-electron chi connectivity index (χ4n) is 1.14. The minimum atomic E-state index is -0.616. The van der Waals surface area contributed by atoms with Crippen LogP contribution < -0.4 is 5.73 Å². The monoisotopic (exact) mass is 209 g/mol. The number of aromatic amines is 1. The first kappa shape index (κ1) is 9.81. The molecule has 1 unspecified atom stereocenters. The topological polar surface area (TPSA) is 114 Å². The highest BCUT2D eigenvalue weighted by molar-refractivity contribution is 5.54. The second-order valence-electron chi connectivity index (χ2n) is 3.16. The Kier molecular flexibility index (Phi) is 2.48. The Morgan fingerprint density at radius 1 is 1.67 bits per heavy atom. The SMILES string of the molecule is Cc1[nH]ncc1-c1nc(C(N)CO)no1. The largest absolute Gasteiger partial charge is 0.394 e. The van der Waals surface area contributed by atoms with Crippen molar-refractivity contribution in [1.82, 2.24) is 20.3 Å². The molecule has 0 radical (unpaired) electrons. The predicted octanol–water partition coefficient (Wildman–Crippen LogP) is -0.240. The van der Waals surface area contributed by atoms with Gasteiger partial charge in [0, 0.05) is 5.69 Å².